The van der Waals surface area contributed by atoms with Crippen molar-refractivity contribution < 1.29 is 4.79 Å². The van der Waals surface area contributed by atoms with E-state index in [-0.39, 0.29) is 0 Å². The zero-order valence-corrected chi connectivity index (χ0v) is 10.9. The summed E-state index contributed by atoms with van der Waals surface area (Å²) in [4.78, 5) is 18.4. The smallest absolute Gasteiger partial charge is 0.186 e. The highest BCUT2D eigenvalue weighted by Gasteiger charge is 2.27. The third kappa shape index (κ3) is 1.98. The number of hydrogen-bond acceptors (Lipinski definition) is 4. The molecule has 0 spiro atoms. The molecule has 0 amide bonds. The maximum absolute atomic E-state index is 10.8. The molecule has 2 atom stereocenters. The van der Waals surface area contributed by atoms with Crippen LogP contribution in [0.4, 0.5) is 5.13 Å². The molecule has 0 radical (unpaired) electrons. The molecule has 2 unspecified atom stereocenters. The maximum Gasteiger partial charge on any atom is 0.186 e. The van der Waals surface area contributed by atoms with Crippen molar-refractivity contribution in [2.24, 2.45) is 5.92 Å². The van der Waals surface area contributed by atoms with Gasteiger partial charge in [-0.25, -0.2) is 4.98 Å². The number of carbonyl (C=O) groups is 1. The number of aromatic nitrogens is 1. The van der Waals surface area contributed by atoms with Crippen molar-refractivity contribution in [1.82, 2.24) is 4.98 Å². The molecule has 1 aliphatic rings. The highest BCUT2D eigenvalue weighted by atomic mass is 32.1. The minimum absolute atomic E-state index is 0.527. The van der Waals surface area contributed by atoms with Crippen LogP contribution in [0.1, 0.15) is 42.1 Å². The van der Waals surface area contributed by atoms with Crippen molar-refractivity contribution in [3.63, 3.8) is 0 Å². The summed E-state index contributed by atoms with van der Waals surface area (Å²) in [7, 11) is 0. The monoisotopic (exact) mass is 238 g/mol. The van der Waals surface area contributed by atoms with E-state index in [0.717, 1.165) is 28.5 Å². The topological polar surface area (TPSA) is 33.2 Å². The lowest BCUT2D eigenvalue weighted by molar-refractivity contribution is 0.112. The van der Waals surface area contributed by atoms with Crippen molar-refractivity contribution in [1.29, 1.82) is 0 Å². The molecule has 88 valence electrons. The van der Waals surface area contributed by atoms with E-state index in [1.165, 1.54) is 24.2 Å². The second-order valence-corrected chi connectivity index (χ2v) is 5.63. The lowest BCUT2D eigenvalue weighted by Gasteiger charge is -2.37. The fourth-order valence-electron chi connectivity index (χ4n) is 2.23. The van der Waals surface area contributed by atoms with Crippen LogP contribution >= 0.6 is 11.3 Å². The quantitative estimate of drug-likeness (QED) is 0.743. The van der Waals surface area contributed by atoms with Gasteiger partial charge in [-0.1, -0.05) is 18.3 Å². The van der Waals surface area contributed by atoms with E-state index in [0.29, 0.717) is 12.0 Å². The minimum Gasteiger partial charge on any atom is -0.345 e. The van der Waals surface area contributed by atoms with Gasteiger partial charge in [0.25, 0.3) is 0 Å². The van der Waals surface area contributed by atoms with Gasteiger partial charge >= 0.3 is 0 Å². The summed E-state index contributed by atoms with van der Waals surface area (Å²) in [6.45, 7) is 7.51. The second-order valence-electron chi connectivity index (χ2n) is 4.62. The summed E-state index contributed by atoms with van der Waals surface area (Å²) >= 11 is 1.52. The van der Waals surface area contributed by atoms with Gasteiger partial charge in [0.1, 0.15) is 0 Å². The molecule has 0 aliphatic carbocycles. The van der Waals surface area contributed by atoms with Gasteiger partial charge in [0.2, 0.25) is 0 Å². The first-order valence-electron chi connectivity index (χ1n) is 5.82. The number of aldehydes is 1. The largest absolute Gasteiger partial charge is 0.345 e. The molecule has 2 heterocycles. The number of anilines is 1. The van der Waals surface area contributed by atoms with Gasteiger partial charge in [-0.15, -0.1) is 0 Å². The molecule has 3 nitrogen and oxygen atoms in total. The van der Waals surface area contributed by atoms with Crippen molar-refractivity contribution in [3.05, 3.63) is 10.6 Å². The van der Waals surface area contributed by atoms with Crippen LogP contribution in [-0.2, 0) is 0 Å². The molecule has 1 aromatic heterocycles. The van der Waals surface area contributed by atoms with E-state index in [2.05, 4.69) is 23.7 Å². The van der Waals surface area contributed by atoms with Gasteiger partial charge in [0.05, 0.1) is 10.6 Å². The summed E-state index contributed by atoms with van der Waals surface area (Å²) in [6, 6.07) is 0.527. The zero-order valence-electron chi connectivity index (χ0n) is 10.1. The van der Waals surface area contributed by atoms with Gasteiger partial charge in [-0.3, -0.25) is 4.79 Å². The molecular formula is C12H18N2OS. The fourth-order valence-corrected chi connectivity index (χ4v) is 3.23. The number of hydrogen-bond donors (Lipinski definition) is 0. The molecule has 1 fully saturated rings. The van der Waals surface area contributed by atoms with Gasteiger partial charge in [0, 0.05) is 12.6 Å². The van der Waals surface area contributed by atoms with E-state index >= 15 is 0 Å². The van der Waals surface area contributed by atoms with Crippen molar-refractivity contribution in [3.8, 4) is 0 Å². The Morgan fingerprint density at radius 1 is 1.50 bits per heavy atom. The van der Waals surface area contributed by atoms with Crippen molar-refractivity contribution >= 4 is 22.8 Å². The van der Waals surface area contributed by atoms with Gasteiger partial charge < -0.3 is 4.90 Å². The van der Waals surface area contributed by atoms with Crippen LogP contribution in [0.5, 0.6) is 0 Å². The highest BCUT2D eigenvalue weighted by molar-refractivity contribution is 7.17. The first-order valence-corrected chi connectivity index (χ1v) is 6.64. The molecule has 0 aromatic carbocycles. The number of carbonyl (C=O) groups excluding carboxylic acids is 1. The summed E-state index contributed by atoms with van der Waals surface area (Å²) in [5, 5.41) is 1.01. The molecule has 16 heavy (non-hydrogen) atoms. The molecule has 4 heteroatoms. The maximum atomic E-state index is 10.8. The van der Waals surface area contributed by atoms with Crippen molar-refractivity contribution in [2.75, 3.05) is 11.4 Å². The van der Waals surface area contributed by atoms with Crippen LogP contribution in [0, 0.1) is 12.8 Å². The predicted molar refractivity (Wildman–Crippen MR) is 67.4 cm³/mol. The SMILES string of the molecule is Cc1nc(N2CCCC(C)C2C)sc1C=O. The Hall–Kier alpha value is -0.900. The molecule has 0 N–H and O–H groups in total. The van der Waals surface area contributed by atoms with Gasteiger partial charge in [-0.05, 0) is 32.6 Å². The third-order valence-electron chi connectivity index (χ3n) is 3.55. The van der Waals surface area contributed by atoms with E-state index in [1.807, 2.05) is 6.92 Å². The average molecular weight is 238 g/mol. The third-order valence-corrected chi connectivity index (χ3v) is 4.67. The first-order chi connectivity index (χ1) is 7.63. The molecule has 1 aliphatic heterocycles. The van der Waals surface area contributed by atoms with Crippen LogP contribution in [0.3, 0.4) is 0 Å². The molecule has 1 saturated heterocycles. The lowest BCUT2D eigenvalue weighted by atomic mass is 9.93. The van der Waals surface area contributed by atoms with E-state index in [9.17, 15) is 4.79 Å². The Kier molecular flexibility index (Phi) is 3.28. The van der Waals surface area contributed by atoms with Gasteiger partial charge in [-0.2, -0.15) is 0 Å². The highest BCUT2D eigenvalue weighted by Crippen LogP contribution is 2.32. The Balaban J connectivity index is 2.25. The summed E-state index contributed by atoms with van der Waals surface area (Å²) < 4.78 is 0. The standard InChI is InChI=1S/C12H18N2OS/c1-8-5-4-6-14(10(8)3)12-13-9(2)11(7-15)16-12/h7-8,10H,4-6H2,1-3H3. The predicted octanol–water partition coefficient (Wildman–Crippen LogP) is 2.89. The number of thiazole rings is 1. The molecule has 2 rings (SSSR count). The molecule has 1 aromatic rings. The minimum atomic E-state index is 0.527. The number of nitrogens with zero attached hydrogens (tertiary/aromatic N) is 2. The van der Waals surface area contributed by atoms with Crippen LogP contribution in [-0.4, -0.2) is 23.9 Å². The zero-order chi connectivity index (χ0) is 11.7. The van der Waals surface area contributed by atoms with E-state index in [4.69, 9.17) is 0 Å². The Labute approximate surface area is 100 Å². The lowest BCUT2D eigenvalue weighted by Crippen LogP contribution is -2.42. The average Bonchev–Trinajstić information content (AvgIpc) is 2.63. The number of rotatable bonds is 2. The fraction of sp³-hybridized carbons (Fsp3) is 0.667. The van der Waals surface area contributed by atoms with Crippen LogP contribution in [0.25, 0.3) is 0 Å². The Morgan fingerprint density at radius 3 is 2.88 bits per heavy atom. The van der Waals surface area contributed by atoms with E-state index in [1.54, 1.807) is 0 Å². The summed E-state index contributed by atoms with van der Waals surface area (Å²) in [5.74, 6) is 0.706. The van der Waals surface area contributed by atoms with Gasteiger partial charge in [0.15, 0.2) is 11.4 Å². The Morgan fingerprint density at radius 2 is 2.25 bits per heavy atom. The number of piperidine rings is 1. The number of aryl methyl sites for hydroxylation is 1. The van der Waals surface area contributed by atoms with E-state index < -0.39 is 0 Å². The van der Waals surface area contributed by atoms with Crippen LogP contribution in [0.15, 0.2) is 0 Å². The first kappa shape index (κ1) is 11.6. The molecular weight excluding hydrogens is 220 g/mol. The Bertz CT molecular complexity index is 388. The second kappa shape index (κ2) is 4.53. The summed E-state index contributed by atoms with van der Waals surface area (Å²) in [5.41, 5.74) is 0.862. The van der Waals surface area contributed by atoms with Crippen LogP contribution < -0.4 is 4.90 Å². The molecule has 0 saturated carbocycles. The normalized spacial score (nSPS) is 25.8. The van der Waals surface area contributed by atoms with Crippen LogP contribution in [0.2, 0.25) is 0 Å². The summed E-state index contributed by atoms with van der Waals surface area (Å²) in [6.07, 6.45) is 3.43. The van der Waals surface area contributed by atoms with Crippen molar-refractivity contribution in [2.45, 2.75) is 39.7 Å². The molecule has 0 bridgehead atoms.